The van der Waals surface area contributed by atoms with Crippen LogP contribution in [0.5, 0.6) is 0 Å². The molecule has 1 atom stereocenters. The zero-order valence-corrected chi connectivity index (χ0v) is 10.7. The summed E-state index contributed by atoms with van der Waals surface area (Å²) in [5.41, 5.74) is -0.977. The van der Waals surface area contributed by atoms with Gasteiger partial charge in [0.15, 0.2) is 0 Å². The van der Waals surface area contributed by atoms with Crippen molar-refractivity contribution in [3.05, 3.63) is 0 Å². The lowest BCUT2D eigenvalue weighted by molar-refractivity contribution is -0.137. The molecule has 0 bridgehead atoms. The van der Waals surface area contributed by atoms with E-state index in [2.05, 4.69) is 5.32 Å². The summed E-state index contributed by atoms with van der Waals surface area (Å²) in [5, 5.41) is 20.8. The molecule has 0 aliphatic rings. The maximum Gasteiger partial charge on any atom is 0.249 e. The van der Waals surface area contributed by atoms with E-state index in [1.165, 1.54) is 13.8 Å². The van der Waals surface area contributed by atoms with Gasteiger partial charge in [-0.25, -0.2) is 8.42 Å². The smallest absolute Gasteiger partial charge is 0.249 e. The molecule has 1 amide bonds. The van der Waals surface area contributed by atoms with Crippen LogP contribution in [0.4, 0.5) is 0 Å². The largest absolute Gasteiger partial charge is 0.748 e. The molecule has 0 radical (unpaired) electrons. The molecule has 17 heavy (non-hydrogen) atoms. The summed E-state index contributed by atoms with van der Waals surface area (Å²) in [6.45, 7) is 2.65. The summed E-state index contributed by atoms with van der Waals surface area (Å²) < 4.78 is 30.8. The van der Waals surface area contributed by atoms with Crippen molar-refractivity contribution in [2.75, 3.05) is 18.9 Å². The number of aliphatic hydroxyl groups is 2. The predicted octanol–water partition coefficient (Wildman–Crippen LogP) is -1.58. The van der Waals surface area contributed by atoms with E-state index in [-0.39, 0.29) is 19.6 Å². The van der Waals surface area contributed by atoms with Crippen molar-refractivity contribution in [1.29, 1.82) is 0 Å². The second-order valence-electron chi connectivity index (χ2n) is 4.46. The van der Waals surface area contributed by atoms with E-state index in [4.69, 9.17) is 5.11 Å². The third kappa shape index (κ3) is 6.57. The highest BCUT2D eigenvalue weighted by molar-refractivity contribution is 7.85. The number of hydrogen-bond donors (Lipinski definition) is 3. The molecule has 0 aliphatic heterocycles. The first kappa shape index (κ1) is 16.3. The summed E-state index contributed by atoms with van der Waals surface area (Å²) in [4.78, 5) is 11.4. The van der Waals surface area contributed by atoms with Gasteiger partial charge in [0.2, 0.25) is 5.91 Å². The fourth-order valence-corrected chi connectivity index (χ4v) is 1.50. The second kappa shape index (κ2) is 6.29. The van der Waals surface area contributed by atoms with Crippen molar-refractivity contribution in [3.63, 3.8) is 0 Å². The Labute approximate surface area is 101 Å². The number of carbonyl (C=O) groups excluding carboxylic acids is 1. The van der Waals surface area contributed by atoms with Crippen LogP contribution in [0.1, 0.15) is 20.3 Å². The molecule has 0 aromatic rings. The molecule has 0 unspecified atom stereocenters. The first-order chi connectivity index (χ1) is 7.60. The maximum atomic E-state index is 11.4. The number of hydrogen-bond acceptors (Lipinski definition) is 6. The predicted molar refractivity (Wildman–Crippen MR) is 59.1 cm³/mol. The number of carbonyl (C=O) groups is 1. The Hall–Kier alpha value is -0.700. The van der Waals surface area contributed by atoms with Gasteiger partial charge in [0, 0.05) is 17.7 Å². The van der Waals surface area contributed by atoms with Gasteiger partial charge in [0.05, 0.1) is 16.7 Å². The summed E-state index contributed by atoms with van der Waals surface area (Å²) >= 11 is 0. The van der Waals surface area contributed by atoms with E-state index < -0.39 is 33.3 Å². The van der Waals surface area contributed by atoms with Gasteiger partial charge in [-0.2, -0.15) is 0 Å². The van der Waals surface area contributed by atoms with E-state index >= 15 is 0 Å². The Morgan fingerprint density at radius 2 is 2.00 bits per heavy atom. The molecule has 102 valence electrons. The lowest BCUT2D eigenvalue weighted by atomic mass is 9.87. The molecular weight excluding hydrogens is 250 g/mol. The molecule has 0 saturated carbocycles. The zero-order chi connectivity index (χ0) is 13.7. The van der Waals surface area contributed by atoms with Gasteiger partial charge in [0.25, 0.3) is 0 Å². The van der Waals surface area contributed by atoms with Crippen LogP contribution in [0.2, 0.25) is 0 Å². The van der Waals surface area contributed by atoms with Crippen molar-refractivity contribution in [2.45, 2.75) is 26.4 Å². The minimum absolute atomic E-state index is 0.0101. The third-order valence-corrected chi connectivity index (χ3v) is 3.06. The van der Waals surface area contributed by atoms with E-state index in [9.17, 15) is 22.9 Å². The lowest BCUT2D eigenvalue weighted by Gasteiger charge is -2.27. The van der Waals surface area contributed by atoms with Crippen LogP contribution in [0, 0.1) is 5.41 Å². The Morgan fingerprint density at radius 1 is 1.47 bits per heavy atom. The summed E-state index contributed by atoms with van der Waals surface area (Å²) in [6, 6.07) is 0. The average Bonchev–Trinajstić information content (AvgIpc) is 2.21. The minimum Gasteiger partial charge on any atom is -0.748 e. The van der Waals surface area contributed by atoms with Crippen molar-refractivity contribution in [1.82, 2.24) is 5.32 Å². The van der Waals surface area contributed by atoms with Gasteiger partial charge in [-0.1, -0.05) is 13.8 Å². The topological polar surface area (TPSA) is 127 Å². The summed E-state index contributed by atoms with van der Waals surface area (Å²) in [7, 11) is -4.28. The fourth-order valence-electron chi connectivity index (χ4n) is 0.999. The molecule has 0 saturated heterocycles. The van der Waals surface area contributed by atoms with Crippen LogP contribution >= 0.6 is 0 Å². The van der Waals surface area contributed by atoms with Gasteiger partial charge in [-0.3, -0.25) is 4.79 Å². The van der Waals surface area contributed by atoms with Crippen LogP contribution in [0.3, 0.4) is 0 Å². The Morgan fingerprint density at radius 3 is 2.41 bits per heavy atom. The normalized spacial score (nSPS) is 14.4. The van der Waals surface area contributed by atoms with Crippen LogP contribution in [0.25, 0.3) is 0 Å². The first-order valence-electron chi connectivity index (χ1n) is 5.10. The Kier molecular flexibility index (Phi) is 6.03. The lowest BCUT2D eigenvalue weighted by Crippen LogP contribution is -2.45. The van der Waals surface area contributed by atoms with E-state index in [1.807, 2.05) is 0 Å². The number of rotatable bonds is 7. The SMILES string of the molecule is CC(C)(CO)[C@H](O)C(=O)NCCCS(=O)(=O)[O-]. The molecule has 0 aromatic heterocycles. The van der Waals surface area contributed by atoms with Crippen LogP contribution in [-0.4, -0.2) is 54.1 Å². The van der Waals surface area contributed by atoms with Crippen LogP contribution < -0.4 is 5.32 Å². The van der Waals surface area contributed by atoms with Crippen LogP contribution in [0.15, 0.2) is 0 Å². The Balaban J connectivity index is 4.04. The zero-order valence-electron chi connectivity index (χ0n) is 9.84. The number of aliphatic hydroxyl groups excluding tert-OH is 2. The molecular formula is C9H18NO6S-. The third-order valence-electron chi connectivity index (χ3n) is 2.27. The van der Waals surface area contributed by atoms with Gasteiger partial charge in [0.1, 0.15) is 6.10 Å². The molecule has 7 nitrogen and oxygen atoms in total. The van der Waals surface area contributed by atoms with E-state index in [0.717, 1.165) is 0 Å². The molecule has 0 rings (SSSR count). The number of nitrogens with one attached hydrogen (secondary N) is 1. The highest BCUT2D eigenvalue weighted by Gasteiger charge is 2.32. The summed E-state index contributed by atoms with van der Waals surface area (Å²) in [5.74, 6) is -1.26. The van der Waals surface area contributed by atoms with Crippen LogP contribution in [-0.2, 0) is 14.9 Å². The van der Waals surface area contributed by atoms with Crippen molar-refractivity contribution in [3.8, 4) is 0 Å². The number of amides is 1. The molecule has 0 spiro atoms. The molecule has 0 aromatic carbocycles. The molecule has 0 heterocycles. The van der Waals surface area contributed by atoms with Gasteiger partial charge >= 0.3 is 0 Å². The van der Waals surface area contributed by atoms with E-state index in [0.29, 0.717) is 0 Å². The molecule has 0 fully saturated rings. The highest BCUT2D eigenvalue weighted by atomic mass is 32.2. The average molecular weight is 268 g/mol. The minimum atomic E-state index is -4.28. The van der Waals surface area contributed by atoms with Gasteiger partial charge in [-0.05, 0) is 6.42 Å². The fraction of sp³-hybridized carbons (Fsp3) is 0.889. The first-order valence-corrected chi connectivity index (χ1v) is 6.68. The van der Waals surface area contributed by atoms with Gasteiger partial charge in [-0.15, -0.1) is 0 Å². The van der Waals surface area contributed by atoms with Crippen molar-refractivity contribution >= 4 is 16.0 Å². The standard InChI is InChI=1S/C9H19NO6S/c1-9(2,6-11)7(12)8(13)10-4-3-5-17(14,15)16/h7,11-12H,3-6H2,1-2H3,(H,10,13)(H,14,15,16)/p-1/t7-/m1/s1. The maximum absolute atomic E-state index is 11.4. The monoisotopic (exact) mass is 268 g/mol. The van der Waals surface area contributed by atoms with Gasteiger partial charge < -0.3 is 20.1 Å². The molecule has 0 aliphatic carbocycles. The molecule has 8 heteroatoms. The van der Waals surface area contributed by atoms with Crippen molar-refractivity contribution < 1.29 is 28.0 Å². The summed E-state index contributed by atoms with van der Waals surface area (Å²) in [6.07, 6.45) is -1.40. The van der Waals surface area contributed by atoms with E-state index in [1.54, 1.807) is 0 Å². The van der Waals surface area contributed by atoms with Crippen molar-refractivity contribution in [2.24, 2.45) is 5.41 Å². The quantitative estimate of drug-likeness (QED) is 0.377. The second-order valence-corrected chi connectivity index (χ2v) is 5.98. The molecule has 3 N–H and O–H groups in total. The highest BCUT2D eigenvalue weighted by Crippen LogP contribution is 2.19. The Bertz CT molecular complexity index is 350.